The summed E-state index contributed by atoms with van der Waals surface area (Å²) in [6.45, 7) is 6.29. The van der Waals surface area contributed by atoms with Crippen molar-refractivity contribution in [3.8, 4) is 10.9 Å². The average molecular weight is 407 g/mol. The van der Waals surface area contributed by atoms with Crippen LogP contribution in [-0.4, -0.2) is 33.7 Å². The molecule has 4 rings (SSSR count). The number of aromatic nitrogens is 2. The number of hydrogen-bond acceptors (Lipinski definition) is 5. The van der Waals surface area contributed by atoms with Crippen molar-refractivity contribution in [2.75, 3.05) is 13.1 Å². The Bertz CT molecular complexity index is 978. The molecule has 2 aromatic carbocycles. The van der Waals surface area contributed by atoms with Crippen LogP contribution in [0.5, 0.6) is 10.9 Å². The average Bonchev–Trinajstić information content (AvgIpc) is 3.17. The molecule has 1 aliphatic heterocycles. The van der Waals surface area contributed by atoms with Gasteiger partial charge in [0.25, 0.3) is 5.19 Å². The molecule has 3 aromatic rings. The van der Waals surface area contributed by atoms with Crippen molar-refractivity contribution in [1.82, 2.24) is 14.3 Å². The first-order valence-corrected chi connectivity index (χ1v) is 10.9. The number of aryl methyl sites for hydroxylation is 1. The molecule has 0 aliphatic carbocycles. The second-order valence-corrected chi connectivity index (χ2v) is 8.20. The Hall–Kier alpha value is -2.73. The van der Waals surface area contributed by atoms with Crippen LogP contribution in [0.3, 0.4) is 0 Å². The lowest BCUT2D eigenvalue weighted by Gasteiger charge is -2.24. The van der Waals surface area contributed by atoms with Gasteiger partial charge >= 0.3 is 0 Å². The zero-order chi connectivity index (χ0) is 20.1. The second-order valence-electron chi connectivity index (χ2n) is 7.49. The van der Waals surface area contributed by atoms with Gasteiger partial charge in [-0.1, -0.05) is 30.3 Å². The lowest BCUT2D eigenvalue weighted by molar-refractivity contribution is 0.351. The van der Waals surface area contributed by atoms with Crippen LogP contribution in [-0.2, 0) is 6.42 Å². The molecule has 1 aromatic heterocycles. The summed E-state index contributed by atoms with van der Waals surface area (Å²) in [6.07, 6.45) is 6.50. The summed E-state index contributed by atoms with van der Waals surface area (Å²) in [6, 6.07) is 14.4. The molecular weight excluding hydrogens is 380 g/mol. The maximum absolute atomic E-state index is 6.10. The van der Waals surface area contributed by atoms with E-state index in [1.54, 1.807) is 0 Å². The summed E-state index contributed by atoms with van der Waals surface area (Å²) in [5.74, 6) is 1.57. The molecule has 0 bridgehead atoms. The topological polar surface area (TPSA) is 50.6 Å². The Morgan fingerprint density at radius 1 is 1.10 bits per heavy atom. The second kappa shape index (κ2) is 9.18. The summed E-state index contributed by atoms with van der Waals surface area (Å²) in [5.41, 5.74) is 4.27. The van der Waals surface area contributed by atoms with Gasteiger partial charge in [0.2, 0.25) is 0 Å². The van der Waals surface area contributed by atoms with E-state index < -0.39 is 0 Å². The van der Waals surface area contributed by atoms with Crippen molar-refractivity contribution in [1.29, 1.82) is 0 Å². The molecule has 1 saturated heterocycles. The maximum atomic E-state index is 6.10. The molecule has 0 spiro atoms. The summed E-state index contributed by atoms with van der Waals surface area (Å²) in [4.78, 5) is 11.6. The number of likely N-dealkylation sites (tertiary alicyclic amines) is 1. The maximum Gasteiger partial charge on any atom is 0.298 e. The van der Waals surface area contributed by atoms with Crippen LogP contribution >= 0.6 is 11.5 Å². The Kier molecular flexibility index (Phi) is 6.20. The molecule has 5 nitrogen and oxygen atoms in total. The van der Waals surface area contributed by atoms with Gasteiger partial charge in [-0.3, -0.25) is 0 Å². The van der Waals surface area contributed by atoms with Crippen molar-refractivity contribution in [3.63, 3.8) is 0 Å². The van der Waals surface area contributed by atoms with Gasteiger partial charge in [0.15, 0.2) is 5.82 Å². The summed E-state index contributed by atoms with van der Waals surface area (Å²) < 4.78 is 10.5. The minimum Gasteiger partial charge on any atom is -0.429 e. The molecule has 1 fully saturated rings. The van der Waals surface area contributed by atoms with Crippen molar-refractivity contribution >= 4 is 23.6 Å². The van der Waals surface area contributed by atoms with Gasteiger partial charge in [-0.05, 0) is 56.4 Å². The van der Waals surface area contributed by atoms with E-state index in [1.807, 2.05) is 37.5 Å². The highest BCUT2D eigenvalue weighted by Gasteiger charge is 2.12. The third kappa shape index (κ3) is 5.21. The van der Waals surface area contributed by atoms with Crippen molar-refractivity contribution in [2.45, 2.75) is 39.5 Å². The van der Waals surface area contributed by atoms with Gasteiger partial charge < -0.3 is 9.64 Å². The number of ether oxygens (including phenoxy) is 1. The van der Waals surface area contributed by atoms with Crippen LogP contribution in [0, 0.1) is 13.8 Å². The van der Waals surface area contributed by atoms with Gasteiger partial charge in [-0.2, -0.15) is 9.36 Å². The lowest BCUT2D eigenvalue weighted by Crippen LogP contribution is -2.28. The van der Waals surface area contributed by atoms with E-state index in [-0.39, 0.29) is 0 Å². The van der Waals surface area contributed by atoms with Crippen LogP contribution in [0.4, 0.5) is 5.69 Å². The Morgan fingerprint density at radius 2 is 1.90 bits per heavy atom. The number of nitrogens with zero attached hydrogens (tertiary/aromatic N) is 4. The van der Waals surface area contributed by atoms with Crippen molar-refractivity contribution in [2.24, 2.45) is 4.99 Å². The highest BCUT2D eigenvalue weighted by molar-refractivity contribution is 7.07. The molecule has 1 aliphatic rings. The van der Waals surface area contributed by atoms with Gasteiger partial charge in [0.1, 0.15) is 5.75 Å². The van der Waals surface area contributed by atoms with Gasteiger partial charge in [-0.25, -0.2) is 4.99 Å². The molecule has 0 saturated carbocycles. The number of aliphatic imine (C=N–C) groups is 1. The largest absolute Gasteiger partial charge is 0.429 e. The van der Waals surface area contributed by atoms with Crippen LogP contribution in [0.2, 0.25) is 0 Å². The molecule has 29 heavy (non-hydrogen) atoms. The molecule has 0 unspecified atom stereocenters. The van der Waals surface area contributed by atoms with Crippen LogP contribution < -0.4 is 4.74 Å². The Labute approximate surface area is 176 Å². The fourth-order valence-electron chi connectivity index (χ4n) is 3.45. The molecule has 6 heteroatoms. The van der Waals surface area contributed by atoms with Crippen molar-refractivity contribution < 1.29 is 4.74 Å². The molecular formula is C23H26N4OS. The highest BCUT2D eigenvalue weighted by Crippen LogP contribution is 2.33. The van der Waals surface area contributed by atoms with Crippen LogP contribution in [0.25, 0.3) is 0 Å². The minimum atomic E-state index is 0.565. The smallest absolute Gasteiger partial charge is 0.298 e. The number of hydrogen-bond donors (Lipinski definition) is 0. The van der Waals surface area contributed by atoms with E-state index >= 15 is 0 Å². The number of rotatable bonds is 6. The predicted molar refractivity (Wildman–Crippen MR) is 119 cm³/mol. The fraction of sp³-hybridized carbons (Fsp3) is 0.348. The molecule has 0 amide bonds. The quantitative estimate of drug-likeness (QED) is 0.390. The van der Waals surface area contributed by atoms with Gasteiger partial charge in [0, 0.05) is 36.6 Å². The first-order chi connectivity index (χ1) is 14.2. The Balaban J connectivity index is 1.48. The molecule has 0 atom stereocenters. The van der Waals surface area contributed by atoms with Crippen LogP contribution in [0.15, 0.2) is 47.5 Å². The molecule has 2 heterocycles. The van der Waals surface area contributed by atoms with E-state index in [1.165, 1.54) is 36.4 Å². The van der Waals surface area contributed by atoms with E-state index in [0.717, 1.165) is 41.5 Å². The summed E-state index contributed by atoms with van der Waals surface area (Å²) in [5, 5.41) is 0.565. The van der Waals surface area contributed by atoms with Gasteiger partial charge in [0.05, 0.1) is 12.0 Å². The van der Waals surface area contributed by atoms with E-state index in [0.29, 0.717) is 11.6 Å². The third-order valence-electron chi connectivity index (χ3n) is 5.08. The first-order valence-electron chi connectivity index (χ1n) is 10.1. The SMILES string of the molecule is Cc1cc(N=CN2CCCCC2)c(C)c(Oc2nc(Cc3ccccc3)ns2)c1. The standard InChI is InChI=1S/C23H26N4OS/c1-17-13-20(24-16-27-11-7-4-8-12-27)18(2)21(14-17)28-23-25-22(26-29-23)15-19-9-5-3-6-10-19/h3,5-6,9-10,13-14,16H,4,7-8,11-12,15H2,1-2H3. The third-order valence-corrected chi connectivity index (χ3v) is 5.71. The van der Waals surface area contributed by atoms with E-state index in [4.69, 9.17) is 9.73 Å². The molecule has 0 N–H and O–H groups in total. The van der Waals surface area contributed by atoms with Gasteiger partial charge in [-0.15, -0.1) is 0 Å². The number of piperidine rings is 1. The van der Waals surface area contributed by atoms with Crippen molar-refractivity contribution in [3.05, 3.63) is 65.0 Å². The van der Waals surface area contributed by atoms with E-state index in [2.05, 4.69) is 39.4 Å². The monoisotopic (exact) mass is 406 g/mol. The highest BCUT2D eigenvalue weighted by atomic mass is 32.1. The van der Waals surface area contributed by atoms with Crippen LogP contribution in [0.1, 0.15) is 41.8 Å². The molecule has 150 valence electrons. The Morgan fingerprint density at radius 3 is 2.69 bits per heavy atom. The minimum absolute atomic E-state index is 0.565. The summed E-state index contributed by atoms with van der Waals surface area (Å²) >= 11 is 1.29. The fourth-order valence-corrected chi connectivity index (χ4v) is 4.01. The number of benzene rings is 2. The zero-order valence-electron chi connectivity index (χ0n) is 17.0. The normalized spacial score (nSPS) is 14.5. The predicted octanol–water partition coefficient (Wildman–Crippen LogP) is 5.68. The first kappa shape index (κ1) is 19.6. The summed E-state index contributed by atoms with van der Waals surface area (Å²) in [7, 11) is 0. The van der Waals surface area contributed by atoms with E-state index in [9.17, 15) is 0 Å². The lowest BCUT2D eigenvalue weighted by atomic mass is 10.1. The molecule has 0 radical (unpaired) electrons. The zero-order valence-corrected chi connectivity index (χ0v) is 17.8.